The molecule has 1 aromatic carbocycles. The van der Waals surface area contributed by atoms with E-state index in [0.717, 1.165) is 5.56 Å². The zero-order chi connectivity index (χ0) is 10.7. The third-order valence-corrected chi connectivity index (χ3v) is 2.63. The number of carbonyl (C=O) groups is 1. The first-order valence-electron chi connectivity index (χ1n) is 4.47. The minimum atomic E-state index is -0.317. The van der Waals surface area contributed by atoms with Gasteiger partial charge in [0.05, 0.1) is 5.92 Å². The van der Waals surface area contributed by atoms with Crippen LogP contribution >= 0.6 is 23.2 Å². The summed E-state index contributed by atoms with van der Waals surface area (Å²) in [5.74, 6) is -0.0462. The number of halogens is 2. The molecule has 3 heteroatoms. The van der Waals surface area contributed by atoms with Crippen LogP contribution in [0.25, 0.3) is 0 Å². The summed E-state index contributed by atoms with van der Waals surface area (Å²) in [7, 11) is 0. The number of carbonyl (C=O) groups excluding carboxylic acids is 1. The second-order valence-electron chi connectivity index (χ2n) is 3.58. The maximum Gasteiger partial charge on any atom is 0.229 e. The molecule has 0 N–H and O–H groups in total. The Kier molecular flexibility index (Phi) is 3.97. The van der Waals surface area contributed by atoms with E-state index in [0.29, 0.717) is 5.02 Å². The molecule has 14 heavy (non-hydrogen) atoms. The Morgan fingerprint density at radius 2 is 1.71 bits per heavy atom. The van der Waals surface area contributed by atoms with Crippen molar-refractivity contribution in [3.05, 3.63) is 34.9 Å². The molecule has 0 amide bonds. The van der Waals surface area contributed by atoms with Crippen LogP contribution in [0.5, 0.6) is 0 Å². The summed E-state index contributed by atoms with van der Waals surface area (Å²) >= 11 is 11.3. The molecule has 0 aliphatic rings. The van der Waals surface area contributed by atoms with Crippen molar-refractivity contribution in [3.63, 3.8) is 0 Å². The SMILES string of the molecule is CC(C)C(C(=O)Cl)c1ccc(Cl)cc1. The molecule has 0 spiro atoms. The van der Waals surface area contributed by atoms with E-state index >= 15 is 0 Å². The van der Waals surface area contributed by atoms with Crippen LogP contribution < -0.4 is 0 Å². The highest BCUT2D eigenvalue weighted by atomic mass is 35.5. The number of hydrogen-bond acceptors (Lipinski definition) is 1. The highest BCUT2D eigenvalue weighted by Gasteiger charge is 2.21. The summed E-state index contributed by atoms with van der Waals surface area (Å²) < 4.78 is 0. The molecule has 1 aromatic rings. The van der Waals surface area contributed by atoms with Gasteiger partial charge in [0.25, 0.3) is 0 Å². The lowest BCUT2D eigenvalue weighted by Crippen LogP contribution is -2.13. The van der Waals surface area contributed by atoms with Gasteiger partial charge in [-0.05, 0) is 35.2 Å². The molecular weight excluding hydrogens is 219 g/mol. The maximum absolute atomic E-state index is 11.2. The normalized spacial score (nSPS) is 12.9. The van der Waals surface area contributed by atoms with Gasteiger partial charge in [0.15, 0.2) is 0 Å². The smallest absolute Gasteiger partial charge is 0.229 e. The third kappa shape index (κ3) is 2.73. The molecule has 0 aliphatic heterocycles. The van der Waals surface area contributed by atoms with Crippen LogP contribution in [-0.4, -0.2) is 5.24 Å². The van der Waals surface area contributed by atoms with Crippen LogP contribution in [0.15, 0.2) is 24.3 Å². The summed E-state index contributed by atoms with van der Waals surface area (Å²) in [6, 6.07) is 7.22. The van der Waals surface area contributed by atoms with Gasteiger partial charge < -0.3 is 0 Å². The minimum absolute atomic E-state index is 0.196. The monoisotopic (exact) mass is 230 g/mol. The summed E-state index contributed by atoms with van der Waals surface area (Å²) in [5, 5.41) is 0.348. The molecule has 0 aromatic heterocycles. The Morgan fingerprint density at radius 3 is 2.07 bits per heavy atom. The first kappa shape index (κ1) is 11.5. The van der Waals surface area contributed by atoms with Gasteiger partial charge in [0.2, 0.25) is 5.24 Å². The van der Waals surface area contributed by atoms with Crippen molar-refractivity contribution in [2.75, 3.05) is 0 Å². The summed E-state index contributed by atoms with van der Waals surface area (Å²) in [5.41, 5.74) is 0.921. The van der Waals surface area contributed by atoms with Gasteiger partial charge >= 0.3 is 0 Å². The average molecular weight is 231 g/mol. The van der Waals surface area contributed by atoms with Crippen molar-refractivity contribution in [1.82, 2.24) is 0 Å². The molecule has 1 unspecified atom stereocenters. The minimum Gasteiger partial charge on any atom is -0.281 e. The van der Waals surface area contributed by atoms with Gasteiger partial charge in [-0.25, -0.2) is 0 Å². The van der Waals surface area contributed by atoms with Crippen LogP contribution in [0.4, 0.5) is 0 Å². The first-order chi connectivity index (χ1) is 6.52. The number of benzene rings is 1. The van der Waals surface area contributed by atoms with E-state index in [9.17, 15) is 4.79 Å². The summed E-state index contributed by atoms with van der Waals surface area (Å²) in [6.07, 6.45) is 0. The van der Waals surface area contributed by atoms with Crippen molar-refractivity contribution in [3.8, 4) is 0 Å². The molecule has 0 bridgehead atoms. The number of rotatable bonds is 3. The van der Waals surface area contributed by atoms with Gasteiger partial charge in [-0.3, -0.25) is 4.79 Å². The second-order valence-corrected chi connectivity index (χ2v) is 4.39. The van der Waals surface area contributed by atoms with Crippen molar-refractivity contribution in [2.24, 2.45) is 5.92 Å². The first-order valence-corrected chi connectivity index (χ1v) is 5.22. The van der Waals surface area contributed by atoms with E-state index in [1.165, 1.54) is 0 Å². The van der Waals surface area contributed by atoms with Crippen molar-refractivity contribution in [2.45, 2.75) is 19.8 Å². The van der Waals surface area contributed by atoms with Crippen LogP contribution in [0.1, 0.15) is 25.3 Å². The quantitative estimate of drug-likeness (QED) is 0.722. The Balaban J connectivity index is 3.00. The zero-order valence-electron chi connectivity index (χ0n) is 8.13. The third-order valence-electron chi connectivity index (χ3n) is 2.14. The van der Waals surface area contributed by atoms with Gasteiger partial charge in [-0.15, -0.1) is 0 Å². The molecular formula is C11H12Cl2O. The molecule has 1 rings (SSSR count). The van der Waals surface area contributed by atoms with E-state index in [2.05, 4.69) is 0 Å². The summed E-state index contributed by atoms with van der Waals surface area (Å²) in [4.78, 5) is 11.2. The zero-order valence-corrected chi connectivity index (χ0v) is 9.64. The van der Waals surface area contributed by atoms with Crippen LogP contribution in [-0.2, 0) is 4.79 Å². The van der Waals surface area contributed by atoms with Gasteiger partial charge in [0.1, 0.15) is 0 Å². The fourth-order valence-electron chi connectivity index (χ4n) is 1.45. The molecule has 0 saturated carbocycles. The van der Waals surface area contributed by atoms with E-state index in [1.807, 2.05) is 26.0 Å². The highest BCUT2D eigenvalue weighted by molar-refractivity contribution is 6.64. The Bertz CT molecular complexity index is 317. The number of hydrogen-bond donors (Lipinski definition) is 0. The lowest BCUT2D eigenvalue weighted by atomic mass is 9.90. The predicted octanol–water partition coefficient (Wildman–Crippen LogP) is 3.85. The van der Waals surface area contributed by atoms with E-state index in [1.54, 1.807) is 12.1 Å². The predicted molar refractivity (Wildman–Crippen MR) is 59.9 cm³/mol. The fourth-order valence-corrected chi connectivity index (χ4v) is 1.95. The van der Waals surface area contributed by atoms with Gasteiger partial charge in [-0.2, -0.15) is 0 Å². The molecule has 0 saturated heterocycles. The van der Waals surface area contributed by atoms with Crippen LogP contribution in [0.3, 0.4) is 0 Å². The second kappa shape index (κ2) is 4.81. The van der Waals surface area contributed by atoms with Crippen molar-refractivity contribution >= 4 is 28.4 Å². The molecule has 1 nitrogen and oxygen atoms in total. The van der Waals surface area contributed by atoms with Gasteiger partial charge in [-0.1, -0.05) is 37.6 Å². The lowest BCUT2D eigenvalue weighted by molar-refractivity contribution is -0.113. The van der Waals surface area contributed by atoms with Crippen molar-refractivity contribution in [1.29, 1.82) is 0 Å². The molecule has 0 fully saturated rings. The van der Waals surface area contributed by atoms with E-state index < -0.39 is 0 Å². The lowest BCUT2D eigenvalue weighted by Gasteiger charge is -2.16. The summed E-state index contributed by atoms with van der Waals surface area (Å²) in [6.45, 7) is 3.94. The average Bonchev–Trinajstić information content (AvgIpc) is 2.07. The van der Waals surface area contributed by atoms with E-state index in [-0.39, 0.29) is 17.1 Å². The van der Waals surface area contributed by atoms with Crippen LogP contribution in [0, 0.1) is 5.92 Å². The largest absolute Gasteiger partial charge is 0.281 e. The Hall–Kier alpha value is -0.530. The molecule has 0 radical (unpaired) electrons. The Labute approximate surface area is 94.0 Å². The standard InChI is InChI=1S/C11H12Cl2O/c1-7(2)10(11(13)14)8-3-5-9(12)6-4-8/h3-7,10H,1-2H3. The molecule has 0 aliphatic carbocycles. The topological polar surface area (TPSA) is 17.1 Å². The maximum atomic E-state index is 11.2. The fraction of sp³-hybridized carbons (Fsp3) is 0.364. The molecule has 1 atom stereocenters. The van der Waals surface area contributed by atoms with E-state index in [4.69, 9.17) is 23.2 Å². The molecule has 76 valence electrons. The molecule has 0 heterocycles. The van der Waals surface area contributed by atoms with Crippen molar-refractivity contribution < 1.29 is 4.79 Å². The highest BCUT2D eigenvalue weighted by Crippen LogP contribution is 2.27. The Morgan fingerprint density at radius 1 is 1.21 bits per heavy atom. The van der Waals surface area contributed by atoms with Gasteiger partial charge in [0, 0.05) is 5.02 Å². The van der Waals surface area contributed by atoms with Crippen LogP contribution in [0.2, 0.25) is 5.02 Å².